The highest BCUT2D eigenvalue weighted by Gasteiger charge is 2.21. The average molecular weight is 401 g/mol. The van der Waals surface area contributed by atoms with E-state index in [0.717, 1.165) is 29.6 Å². The highest BCUT2D eigenvalue weighted by atomic mass is 15.2. The van der Waals surface area contributed by atoms with Crippen molar-refractivity contribution < 1.29 is 0 Å². The maximum absolute atomic E-state index is 4.79. The molecule has 0 amide bonds. The van der Waals surface area contributed by atoms with E-state index >= 15 is 0 Å². The molecule has 9 heteroatoms. The molecule has 9 nitrogen and oxygen atoms in total. The number of nitrogens with one attached hydrogen (secondary N) is 2. The zero-order valence-electron chi connectivity index (χ0n) is 16.6. The van der Waals surface area contributed by atoms with Crippen molar-refractivity contribution in [3.63, 3.8) is 0 Å². The van der Waals surface area contributed by atoms with Crippen LogP contribution in [0.4, 0.5) is 17.6 Å². The van der Waals surface area contributed by atoms with E-state index in [1.807, 2.05) is 24.7 Å². The van der Waals surface area contributed by atoms with Crippen LogP contribution in [0.15, 0.2) is 49.4 Å². The standard InChI is InChI=1S/C21H23N9/c1-2-6-16(7-3-1)30-14-26-18-19(24-12-15-5-4-9-22-11-15)28-21(29-20(18)30)27-17-8-10-23-13-25-17/h4-5,8-11,13-14,16H,1-3,6-7,12H2,(H2,23,24,25,27,28,29). The normalized spacial score (nSPS) is 14.7. The zero-order valence-corrected chi connectivity index (χ0v) is 16.6. The molecule has 0 atom stereocenters. The van der Waals surface area contributed by atoms with Gasteiger partial charge in [-0.05, 0) is 30.5 Å². The number of imidazole rings is 1. The van der Waals surface area contributed by atoms with E-state index in [9.17, 15) is 0 Å². The van der Waals surface area contributed by atoms with Crippen molar-refractivity contribution >= 4 is 28.7 Å². The van der Waals surface area contributed by atoms with Gasteiger partial charge in [0.15, 0.2) is 17.0 Å². The van der Waals surface area contributed by atoms with E-state index in [1.54, 1.807) is 18.5 Å². The SMILES string of the molecule is c1cncc(CNc2nc(Nc3ccncn3)nc3c2ncn3C2CCCCC2)c1. The summed E-state index contributed by atoms with van der Waals surface area (Å²) in [6, 6.07) is 6.16. The molecule has 1 saturated carbocycles. The third kappa shape index (κ3) is 3.91. The van der Waals surface area contributed by atoms with E-state index in [-0.39, 0.29) is 0 Å². The molecule has 1 fully saturated rings. The first-order valence-electron chi connectivity index (χ1n) is 10.3. The second-order valence-corrected chi connectivity index (χ2v) is 7.45. The summed E-state index contributed by atoms with van der Waals surface area (Å²) < 4.78 is 2.20. The summed E-state index contributed by atoms with van der Waals surface area (Å²) >= 11 is 0. The summed E-state index contributed by atoms with van der Waals surface area (Å²) in [7, 11) is 0. The van der Waals surface area contributed by atoms with E-state index < -0.39 is 0 Å². The van der Waals surface area contributed by atoms with Gasteiger partial charge in [0.2, 0.25) is 5.95 Å². The molecule has 0 aromatic carbocycles. The molecule has 0 saturated heterocycles. The molecule has 0 unspecified atom stereocenters. The van der Waals surface area contributed by atoms with Gasteiger partial charge in [-0.2, -0.15) is 9.97 Å². The lowest BCUT2D eigenvalue weighted by molar-refractivity contribution is 0.358. The summed E-state index contributed by atoms with van der Waals surface area (Å²) in [4.78, 5) is 26.5. The van der Waals surface area contributed by atoms with Crippen molar-refractivity contribution in [2.24, 2.45) is 0 Å². The Balaban J connectivity index is 1.51. The van der Waals surface area contributed by atoms with Gasteiger partial charge in [-0.1, -0.05) is 25.3 Å². The summed E-state index contributed by atoms with van der Waals surface area (Å²) in [5, 5.41) is 6.59. The molecule has 152 valence electrons. The molecule has 30 heavy (non-hydrogen) atoms. The molecule has 0 aliphatic heterocycles. The smallest absolute Gasteiger partial charge is 0.232 e. The van der Waals surface area contributed by atoms with Gasteiger partial charge in [0.25, 0.3) is 0 Å². The number of hydrogen-bond acceptors (Lipinski definition) is 8. The van der Waals surface area contributed by atoms with Crippen molar-refractivity contribution in [3.05, 3.63) is 55.0 Å². The second-order valence-electron chi connectivity index (χ2n) is 7.45. The molecule has 2 N–H and O–H groups in total. The van der Waals surface area contributed by atoms with Gasteiger partial charge in [0, 0.05) is 31.2 Å². The predicted octanol–water partition coefficient (Wildman–Crippen LogP) is 3.87. The largest absolute Gasteiger partial charge is 0.364 e. The molecular formula is C21H23N9. The van der Waals surface area contributed by atoms with Crippen LogP contribution in [0.25, 0.3) is 11.2 Å². The predicted molar refractivity (Wildman–Crippen MR) is 114 cm³/mol. The highest BCUT2D eigenvalue weighted by molar-refractivity contribution is 5.84. The number of nitrogens with zero attached hydrogens (tertiary/aromatic N) is 7. The Morgan fingerprint density at radius 1 is 1.00 bits per heavy atom. The fraction of sp³-hybridized carbons (Fsp3) is 0.333. The quantitative estimate of drug-likeness (QED) is 0.501. The third-order valence-corrected chi connectivity index (χ3v) is 5.39. The van der Waals surface area contributed by atoms with Crippen molar-refractivity contribution in [3.8, 4) is 0 Å². The van der Waals surface area contributed by atoms with E-state index in [4.69, 9.17) is 4.98 Å². The Hall–Kier alpha value is -3.62. The summed E-state index contributed by atoms with van der Waals surface area (Å²) in [6.07, 6.45) is 14.8. The molecule has 1 aliphatic carbocycles. The number of pyridine rings is 1. The minimum Gasteiger partial charge on any atom is -0.364 e. The van der Waals surface area contributed by atoms with Crippen LogP contribution in [-0.4, -0.2) is 34.5 Å². The Kier molecular flexibility index (Phi) is 5.15. The number of anilines is 3. The Morgan fingerprint density at radius 3 is 2.73 bits per heavy atom. The van der Waals surface area contributed by atoms with Crippen molar-refractivity contribution in [1.82, 2.24) is 34.5 Å². The van der Waals surface area contributed by atoms with Crippen molar-refractivity contribution in [2.45, 2.75) is 44.7 Å². The monoisotopic (exact) mass is 401 g/mol. The molecule has 0 radical (unpaired) electrons. The van der Waals surface area contributed by atoms with Crippen LogP contribution in [-0.2, 0) is 6.54 Å². The van der Waals surface area contributed by atoms with Gasteiger partial charge >= 0.3 is 0 Å². The maximum Gasteiger partial charge on any atom is 0.232 e. The lowest BCUT2D eigenvalue weighted by atomic mass is 9.95. The van der Waals surface area contributed by atoms with Crippen molar-refractivity contribution in [1.29, 1.82) is 0 Å². The number of hydrogen-bond donors (Lipinski definition) is 2. The Labute approximate surface area is 174 Å². The van der Waals surface area contributed by atoms with Gasteiger partial charge in [-0.15, -0.1) is 0 Å². The van der Waals surface area contributed by atoms with Crippen LogP contribution in [0.5, 0.6) is 0 Å². The average Bonchev–Trinajstić information content (AvgIpc) is 3.23. The second kappa shape index (κ2) is 8.40. The van der Waals surface area contributed by atoms with Gasteiger partial charge in [0.05, 0.1) is 6.33 Å². The lowest BCUT2D eigenvalue weighted by Gasteiger charge is -2.23. The highest BCUT2D eigenvalue weighted by Crippen LogP contribution is 2.32. The van der Waals surface area contributed by atoms with Gasteiger partial charge in [-0.3, -0.25) is 4.98 Å². The number of aromatic nitrogens is 7. The van der Waals surface area contributed by atoms with Gasteiger partial charge in [-0.25, -0.2) is 15.0 Å². The molecule has 4 aromatic heterocycles. The third-order valence-electron chi connectivity index (χ3n) is 5.39. The molecule has 4 aromatic rings. The minimum absolute atomic E-state index is 0.428. The van der Waals surface area contributed by atoms with Crippen LogP contribution in [0.2, 0.25) is 0 Å². The summed E-state index contributed by atoms with van der Waals surface area (Å²) in [5.74, 6) is 1.81. The molecule has 4 heterocycles. The fourth-order valence-corrected chi connectivity index (χ4v) is 3.89. The van der Waals surface area contributed by atoms with Crippen LogP contribution >= 0.6 is 0 Å². The molecule has 5 rings (SSSR count). The van der Waals surface area contributed by atoms with E-state index in [1.165, 1.54) is 25.6 Å². The first kappa shape index (κ1) is 18.4. The molecular weight excluding hydrogens is 378 g/mol. The van der Waals surface area contributed by atoms with Gasteiger partial charge < -0.3 is 15.2 Å². The first-order chi connectivity index (χ1) is 14.9. The summed E-state index contributed by atoms with van der Waals surface area (Å²) in [6.45, 7) is 0.600. The van der Waals surface area contributed by atoms with Gasteiger partial charge in [0.1, 0.15) is 12.1 Å². The van der Waals surface area contributed by atoms with Crippen LogP contribution in [0, 0.1) is 0 Å². The van der Waals surface area contributed by atoms with E-state index in [0.29, 0.717) is 30.2 Å². The Morgan fingerprint density at radius 2 is 1.93 bits per heavy atom. The molecule has 0 spiro atoms. The lowest BCUT2D eigenvalue weighted by Crippen LogP contribution is -2.13. The van der Waals surface area contributed by atoms with Crippen LogP contribution in [0.1, 0.15) is 43.7 Å². The minimum atomic E-state index is 0.428. The zero-order chi connectivity index (χ0) is 20.2. The first-order valence-corrected chi connectivity index (χ1v) is 10.3. The van der Waals surface area contributed by atoms with Crippen molar-refractivity contribution in [2.75, 3.05) is 10.6 Å². The fourth-order valence-electron chi connectivity index (χ4n) is 3.89. The van der Waals surface area contributed by atoms with E-state index in [2.05, 4.69) is 40.1 Å². The van der Waals surface area contributed by atoms with Crippen LogP contribution < -0.4 is 10.6 Å². The Bertz CT molecular complexity index is 1110. The maximum atomic E-state index is 4.79. The topological polar surface area (TPSA) is 106 Å². The number of fused-ring (bicyclic) bond motifs is 1. The van der Waals surface area contributed by atoms with Crippen LogP contribution in [0.3, 0.4) is 0 Å². The number of rotatable bonds is 6. The summed E-state index contributed by atoms with van der Waals surface area (Å²) in [5.41, 5.74) is 2.68. The molecule has 0 bridgehead atoms. The molecule has 1 aliphatic rings.